The molecular formula is C35H29ClF9NO3. The van der Waals surface area contributed by atoms with Crippen molar-refractivity contribution in [1.82, 2.24) is 4.90 Å². The highest BCUT2D eigenvalue weighted by molar-refractivity contribution is 6.33. The van der Waals surface area contributed by atoms with Crippen LogP contribution < -0.4 is 0 Å². The van der Waals surface area contributed by atoms with Gasteiger partial charge < -0.3 is 9.84 Å². The molecule has 14 heteroatoms. The molecule has 0 bridgehead atoms. The zero-order valence-corrected chi connectivity index (χ0v) is 26.9. The third-order valence-electron chi connectivity index (χ3n) is 8.79. The summed E-state index contributed by atoms with van der Waals surface area (Å²) in [5.41, 5.74) is -2.48. The van der Waals surface area contributed by atoms with E-state index in [-0.39, 0.29) is 28.8 Å². The molecule has 0 radical (unpaired) electrons. The van der Waals surface area contributed by atoms with Crippen molar-refractivity contribution in [3.8, 4) is 11.1 Å². The standard InChI is InChI=1S/C35H29ClF9NO3/c1-18-15-32(3,17-47)9-8-26(18)20-4-7-29(36)28(13-20)27-6-5-23(33(37,38)39)12-22(27)16-46-19(2)30(49-31(46)48)21-10-24(34(40,41)42)14-25(11-21)35(43,44)45/h4-8,10-15,19,30,47H,9,16-17H2,1-3H3/t19-,30-,32?/m0/s1. The molecular weight excluding hydrogens is 689 g/mol. The van der Waals surface area contributed by atoms with Crippen LogP contribution >= 0.6 is 11.6 Å². The van der Waals surface area contributed by atoms with Crippen molar-refractivity contribution in [2.45, 2.75) is 64.4 Å². The SMILES string of the molecule is CC1=CC(C)(CO)CC=C1c1ccc(Cl)c(-c2ccc(C(F)(F)F)cc2CN2C(=O)O[C@H](c3cc(C(F)(F)F)cc(C(F)(F)F)c3)[C@@H]2C)c1. The van der Waals surface area contributed by atoms with E-state index >= 15 is 0 Å². The average Bonchev–Trinajstić information content (AvgIpc) is 3.28. The van der Waals surface area contributed by atoms with Crippen molar-refractivity contribution in [3.05, 3.63) is 111 Å². The molecule has 3 aromatic carbocycles. The zero-order chi connectivity index (χ0) is 36.3. The maximum atomic E-state index is 13.9. The van der Waals surface area contributed by atoms with E-state index in [4.69, 9.17) is 16.3 Å². The van der Waals surface area contributed by atoms with Crippen LogP contribution in [0.15, 0.2) is 72.3 Å². The molecule has 1 aliphatic carbocycles. The molecule has 1 N–H and O–H groups in total. The maximum absolute atomic E-state index is 13.9. The van der Waals surface area contributed by atoms with E-state index in [2.05, 4.69) is 0 Å². The predicted octanol–water partition coefficient (Wildman–Crippen LogP) is 10.9. The molecule has 4 nitrogen and oxygen atoms in total. The largest absolute Gasteiger partial charge is 0.439 e. The van der Waals surface area contributed by atoms with E-state index in [0.717, 1.165) is 28.2 Å². The van der Waals surface area contributed by atoms with Gasteiger partial charge in [0.05, 0.1) is 35.9 Å². The normalized spacial score (nSPS) is 21.8. The summed E-state index contributed by atoms with van der Waals surface area (Å²) in [4.78, 5) is 14.0. The van der Waals surface area contributed by atoms with Gasteiger partial charge in [0, 0.05) is 16.0 Å². The van der Waals surface area contributed by atoms with Gasteiger partial charge in [-0.1, -0.05) is 42.8 Å². The van der Waals surface area contributed by atoms with Gasteiger partial charge in [-0.25, -0.2) is 4.79 Å². The van der Waals surface area contributed by atoms with Gasteiger partial charge in [-0.05, 0) is 96.1 Å². The number of carbonyl (C=O) groups is 1. The van der Waals surface area contributed by atoms with Crippen LogP contribution in [0, 0.1) is 5.41 Å². The number of alkyl halides is 9. The van der Waals surface area contributed by atoms with Gasteiger partial charge in [-0.3, -0.25) is 4.90 Å². The summed E-state index contributed by atoms with van der Waals surface area (Å²) in [5.74, 6) is 0. The Kier molecular flexibility index (Phi) is 9.43. The van der Waals surface area contributed by atoms with Crippen LogP contribution in [0.1, 0.15) is 66.7 Å². The van der Waals surface area contributed by atoms with Crippen LogP contribution in [0.25, 0.3) is 16.7 Å². The Labute approximate surface area is 280 Å². The van der Waals surface area contributed by atoms with Gasteiger partial charge in [0.2, 0.25) is 0 Å². The first-order chi connectivity index (χ1) is 22.6. The van der Waals surface area contributed by atoms with Crippen molar-refractivity contribution >= 4 is 23.3 Å². The first kappa shape index (κ1) is 36.3. The predicted molar refractivity (Wildman–Crippen MR) is 164 cm³/mol. The number of cyclic esters (lactones) is 1. The fourth-order valence-electron chi connectivity index (χ4n) is 6.16. The fourth-order valence-corrected chi connectivity index (χ4v) is 6.38. The van der Waals surface area contributed by atoms with E-state index in [9.17, 15) is 49.4 Å². The minimum atomic E-state index is -5.15. The number of carbonyl (C=O) groups excluding carboxylic acids is 1. The number of nitrogens with zero attached hydrogens (tertiary/aromatic N) is 1. The van der Waals surface area contributed by atoms with Crippen LogP contribution in [0.3, 0.4) is 0 Å². The number of rotatable bonds is 6. The number of halogens is 10. The topological polar surface area (TPSA) is 49.8 Å². The molecule has 1 aliphatic heterocycles. The van der Waals surface area contributed by atoms with E-state index in [1.165, 1.54) is 13.0 Å². The second-order valence-corrected chi connectivity index (χ2v) is 12.9. The zero-order valence-electron chi connectivity index (χ0n) is 26.1. The molecule has 0 saturated carbocycles. The second-order valence-electron chi connectivity index (χ2n) is 12.5. The molecule has 3 aromatic rings. The van der Waals surface area contributed by atoms with E-state index < -0.39 is 71.0 Å². The summed E-state index contributed by atoms with van der Waals surface area (Å²) < 4.78 is 128. The van der Waals surface area contributed by atoms with Crippen molar-refractivity contribution in [3.63, 3.8) is 0 Å². The van der Waals surface area contributed by atoms with Crippen molar-refractivity contribution in [2.75, 3.05) is 6.61 Å². The van der Waals surface area contributed by atoms with Crippen molar-refractivity contribution in [1.29, 1.82) is 0 Å². The summed E-state index contributed by atoms with van der Waals surface area (Å²) in [6.45, 7) is 4.44. The Bertz CT molecular complexity index is 1810. The van der Waals surface area contributed by atoms with E-state index in [1.54, 1.807) is 18.2 Å². The van der Waals surface area contributed by atoms with Crippen LogP contribution in [-0.2, 0) is 29.8 Å². The van der Waals surface area contributed by atoms with Gasteiger partial charge in [0.15, 0.2) is 0 Å². The molecule has 0 spiro atoms. The summed E-state index contributed by atoms with van der Waals surface area (Å²) >= 11 is 6.58. The Balaban J connectivity index is 1.56. The van der Waals surface area contributed by atoms with Crippen LogP contribution in [0.2, 0.25) is 5.02 Å². The number of amides is 1. The molecule has 49 heavy (non-hydrogen) atoms. The molecule has 262 valence electrons. The second kappa shape index (κ2) is 12.7. The molecule has 1 heterocycles. The quantitative estimate of drug-likeness (QED) is 0.258. The molecule has 0 aromatic heterocycles. The van der Waals surface area contributed by atoms with Crippen molar-refractivity contribution < 1.29 is 54.2 Å². The average molecular weight is 718 g/mol. The number of ether oxygens (including phenoxy) is 1. The molecule has 2 aliphatic rings. The number of hydrogen-bond acceptors (Lipinski definition) is 3. The Morgan fingerprint density at radius 1 is 0.878 bits per heavy atom. The third kappa shape index (κ3) is 7.47. The number of aliphatic hydroxyl groups excluding tert-OH is 1. The number of hydrogen-bond donors (Lipinski definition) is 1. The summed E-state index contributed by atoms with van der Waals surface area (Å²) in [7, 11) is 0. The first-order valence-electron chi connectivity index (χ1n) is 14.9. The van der Waals surface area contributed by atoms with Gasteiger partial charge in [-0.2, -0.15) is 39.5 Å². The molecule has 5 rings (SSSR count). The summed E-state index contributed by atoms with van der Waals surface area (Å²) in [5, 5.41) is 9.96. The van der Waals surface area contributed by atoms with Crippen LogP contribution in [0.4, 0.5) is 44.3 Å². The summed E-state index contributed by atoms with van der Waals surface area (Å²) in [6.07, 6.45) is -13.5. The number of benzene rings is 3. The third-order valence-corrected chi connectivity index (χ3v) is 9.12. The molecule has 3 atom stereocenters. The highest BCUT2D eigenvalue weighted by atomic mass is 35.5. The lowest BCUT2D eigenvalue weighted by Gasteiger charge is -2.28. The first-order valence-corrected chi connectivity index (χ1v) is 15.3. The van der Waals surface area contributed by atoms with E-state index in [1.807, 2.05) is 26.0 Å². The Morgan fingerprint density at radius 2 is 1.49 bits per heavy atom. The molecule has 1 saturated heterocycles. The highest BCUT2D eigenvalue weighted by Crippen LogP contribution is 2.44. The highest BCUT2D eigenvalue weighted by Gasteiger charge is 2.44. The maximum Gasteiger partial charge on any atom is 0.416 e. The van der Waals surface area contributed by atoms with Gasteiger partial charge in [0.1, 0.15) is 6.10 Å². The van der Waals surface area contributed by atoms with Crippen molar-refractivity contribution in [2.24, 2.45) is 5.41 Å². The minimum Gasteiger partial charge on any atom is -0.439 e. The van der Waals surface area contributed by atoms with E-state index in [0.29, 0.717) is 29.7 Å². The minimum absolute atomic E-state index is 0.0453. The van der Waals surface area contributed by atoms with Gasteiger partial charge in [0.25, 0.3) is 0 Å². The summed E-state index contributed by atoms with van der Waals surface area (Å²) in [6, 6.07) is 7.48. The van der Waals surface area contributed by atoms with Crippen LogP contribution in [-0.4, -0.2) is 28.7 Å². The molecule has 1 unspecified atom stereocenters. The van der Waals surface area contributed by atoms with Crippen LogP contribution in [0.5, 0.6) is 0 Å². The van der Waals surface area contributed by atoms with Gasteiger partial charge >= 0.3 is 24.6 Å². The lowest BCUT2D eigenvalue weighted by Crippen LogP contribution is -2.32. The van der Waals surface area contributed by atoms with Gasteiger partial charge in [-0.15, -0.1) is 0 Å². The lowest BCUT2D eigenvalue weighted by molar-refractivity contribution is -0.143. The number of aliphatic hydroxyl groups is 1. The fraction of sp³-hybridized carbons (Fsp3) is 0.343. The lowest BCUT2D eigenvalue weighted by atomic mass is 9.78. The number of allylic oxidation sites excluding steroid dienone is 3. The smallest absolute Gasteiger partial charge is 0.416 e. The molecule has 1 amide bonds. The Hall–Kier alpha value is -3.97. The molecule has 1 fully saturated rings. The monoisotopic (exact) mass is 717 g/mol. The Morgan fingerprint density at radius 3 is 2.04 bits per heavy atom.